The normalized spacial score (nSPS) is 16.1. The molecule has 0 bridgehead atoms. The molecule has 1 aromatic carbocycles. The number of carbonyl (C=O) groups excluding carboxylic acids is 1. The van der Waals surface area contributed by atoms with Crippen molar-refractivity contribution in [3.8, 4) is 12.1 Å². The number of aryl methyl sites for hydroxylation is 2. The fraction of sp³-hybridized carbons (Fsp3) is 0.367. The number of nitriles is 2. The van der Waals surface area contributed by atoms with Crippen molar-refractivity contribution >= 4 is 17.4 Å². The lowest BCUT2D eigenvalue weighted by molar-refractivity contribution is 0.0739. The van der Waals surface area contributed by atoms with Crippen molar-refractivity contribution in [2.75, 3.05) is 62.2 Å². The van der Waals surface area contributed by atoms with Crippen LogP contribution in [-0.4, -0.2) is 78.0 Å². The van der Waals surface area contributed by atoms with Crippen LogP contribution in [0.1, 0.15) is 38.4 Å². The third kappa shape index (κ3) is 5.55. The van der Waals surface area contributed by atoms with E-state index in [4.69, 9.17) is 4.98 Å². The Balaban J connectivity index is 1.23. The van der Waals surface area contributed by atoms with E-state index in [0.717, 1.165) is 48.7 Å². The molecule has 4 heterocycles. The average molecular weight is 521 g/mol. The summed E-state index contributed by atoms with van der Waals surface area (Å²) in [6.07, 6.45) is 1.69. The number of hydrogen-bond acceptors (Lipinski definition) is 8. The highest BCUT2D eigenvalue weighted by molar-refractivity contribution is 5.94. The first-order chi connectivity index (χ1) is 19.0. The Morgan fingerprint density at radius 3 is 2.23 bits per heavy atom. The summed E-state index contributed by atoms with van der Waals surface area (Å²) in [6.45, 7) is 10.4. The number of hydrogen-bond donors (Lipinski definition) is 0. The number of rotatable bonds is 5. The summed E-state index contributed by atoms with van der Waals surface area (Å²) in [6, 6.07) is 17.8. The number of pyridine rings is 2. The van der Waals surface area contributed by atoms with Crippen molar-refractivity contribution in [3.63, 3.8) is 0 Å². The van der Waals surface area contributed by atoms with Gasteiger partial charge in [-0.25, -0.2) is 9.97 Å². The highest BCUT2D eigenvalue weighted by atomic mass is 16.2. The van der Waals surface area contributed by atoms with Gasteiger partial charge in [-0.05, 0) is 49.2 Å². The van der Waals surface area contributed by atoms with E-state index in [2.05, 4.69) is 44.8 Å². The van der Waals surface area contributed by atoms with E-state index < -0.39 is 0 Å². The predicted octanol–water partition coefficient (Wildman–Crippen LogP) is 3.12. The van der Waals surface area contributed by atoms with Gasteiger partial charge in [0.05, 0.1) is 22.5 Å². The minimum atomic E-state index is -0.0483. The Kier molecular flexibility index (Phi) is 7.72. The van der Waals surface area contributed by atoms with Crippen molar-refractivity contribution in [1.29, 1.82) is 10.5 Å². The molecule has 2 aliphatic rings. The van der Waals surface area contributed by atoms with Gasteiger partial charge >= 0.3 is 0 Å². The number of para-hydroxylation sites is 1. The molecule has 2 saturated heterocycles. The quantitative estimate of drug-likeness (QED) is 0.506. The summed E-state index contributed by atoms with van der Waals surface area (Å²) in [5.41, 5.74) is 5.67. The van der Waals surface area contributed by atoms with Gasteiger partial charge in [0.15, 0.2) is 0 Å². The zero-order valence-electron chi connectivity index (χ0n) is 22.5. The van der Waals surface area contributed by atoms with Crippen LogP contribution in [0.3, 0.4) is 0 Å². The van der Waals surface area contributed by atoms with Crippen LogP contribution >= 0.6 is 0 Å². The molecule has 2 aromatic heterocycles. The molecule has 5 rings (SSSR count). The number of amides is 1. The van der Waals surface area contributed by atoms with E-state index in [9.17, 15) is 15.3 Å². The minimum Gasteiger partial charge on any atom is -0.368 e. The second-order valence-electron chi connectivity index (χ2n) is 10.1. The van der Waals surface area contributed by atoms with Crippen molar-refractivity contribution in [1.82, 2.24) is 19.8 Å². The van der Waals surface area contributed by atoms with E-state index in [0.29, 0.717) is 55.4 Å². The van der Waals surface area contributed by atoms with Gasteiger partial charge in [0.2, 0.25) is 0 Å². The van der Waals surface area contributed by atoms with Gasteiger partial charge in [-0.15, -0.1) is 0 Å². The van der Waals surface area contributed by atoms with Gasteiger partial charge in [-0.3, -0.25) is 9.69 Å². The topological polar surface area (TPSA) is 103 Å². The maximum Gasteiger partial charge on any atom is 0.272 e. The molecule has 0 aliphatic carbocycles. The van der Waals surface area contributed by atoms with Gasteiger partial charge < -0.3 is 14.7 Å². The van der Waals surface area contributed by atoms with E-state index in [1.807, 2.05) is 36.1 Å². The molecule has 1 amide bonds. The second kappa shape index (κ2) is 11.5. The Hall–Kier alpha value is -4.47. The average Bonchev–Trinajstić information content (AvgIpc) is 2.98. The third-order valence-electron chi connectivity index (χ3n) is 7.60. The highest BCUT2D eigenvalue weighted by Gasteiger charge is 2.27. The first-order valence-corrected chi connectivity index (χ1v) is 13.3. The van der Waals surface area contributed by atoms with Crippen molar-refractivity contribution in [2.45, 2.75) is 20.4 Å². The van der Waals surface area contributed by atoms with Crippen LogP contribution in [0.5, 0.6) is 0 Å². The number of anilines is 2. The molecule has 0 saturated carbocycles. The Morgan fingerprint density at radius 2 is 1.51 bits per heavy atom. The third-order valence-corrected chi connectivity index (χ3v) is 7.60. The molecule has 198 valence electrons. The molecule has 0 unspecified atom stereocenters. The Morgan fingerprint density at radius 1 is 0.846 bits per heavy atom. The van der Waals surface area contributed by atoms with Crippen molar-refractivity contribution in [3.05, 3.63) is 82.3 Å². The molecule has 0 radical (unpaired) electrons. The van der Waals surface area contributed by atoms with Gasteiger partial charge in [0, 0.05) is 65.1 Å². The van der Waals surface area contributed by atoms with Crippen LogP contribution in [0.4, 0.5) is 11.5 Å². The molecule has 39 heavy (non-hydrogen) atoms. The van der Waals surface area contributed by atoms with E-state index >= 15 is 0 Å². The van der Waals surface area contributed by atoms with Gasteiger partial charge in [-0.2, -0.15) is 10.5 Å². The lowest BCUT2D eigenvalue weighted by Crippen LogP contribution is -2.49. The number of carbonyl (C=O) groups is 1. The first kappa shape index (κ1) is 26.1. The van der Waals surface area contributed by atoms with Gasteiger partial charge in [-0.1, -0.05) is 18.2 Å². The van der Waals surface area contributed by atoms with Gasteiger partial charge in [0.1, 0.15) is 23.7 Å². The smallest absolute Gasteiger partial charge is 0.272 e. The van der Waals surface area contributed by atoms with E-state index in [-0.39, 0.29) is 5.91 Å². The molecule has 0 N–H and O–H groups in total. The fourth-order valence-corrected chi connectivity index (χ4v) is 5.37. The highest BCUT2D eigenvalue weighted by Crippen LogP contribution is 2.23. The molecule has 0 atom stereocenters. The van der Waals surface area contributed by atoms with Crippen LogP contribution in [0.25, 0.3) is 0 Å². The number of piperazine rings is 2. The SMILES string of the molecule is Cc1cc(C)c(C(=O)N2CCN(c3ncccc3C#N)CC2)nc1CN1CCN(c2ccccc2C#N)CC1. The lowest BCUT2D eigenvalue weighted by atomic mass is 10.1. The Labute approximate surface area is 229 Å². The zero-order chi connectivity index (χ0) is 27.4. The second-order valence-corrected chi connectivity index (χ2v) is 10.1. The summed E-state index contributed by atoms with van der Waals surface area (Å²) >= 11 is 0. The van der Waals surface area contributed by atoms with Crippen LogP contribution in [0.15, 0.2) is 48.7 Å². The summed E-state index contributed by atoms with van der Waals surface area (Å²) in [4.78, 5) is 31.4. The molecule has 2 aliphatic heterocycles. The maximum atomic E-state index is 13.5. The van der Waals surface area contributed by atoms with E-state index in [1.54, 1.807) is 18.3 Å². The standard InChI is InChI=1S/C30H32N8O/c1-22-18-23(2)28(30(39)38-16-14-37(15-17-38)29-25(20-32)7-5-9-33-29)34-26(22)21-35-10-12-36(13-11-35)27-8-4-3-6-24(27)19-31/h3-9,18H,10-17,21H2,1-2H3. The van der Waals surface area contributed by atoms with Crippen LogP contribution in [0.2, 0.25) is 0 Å². The van der Waals surface area contributed by atoms with Crippen LogP contribution in [0, 0.1) is 36.5 Å². The Bertz CT molecular complexity index is 1440. The molecule has 9 heteroatoms. The van der Waals surface area contributed by atoms with Gasteiger partial charge in [0.25, 0.3) is 5.91 Å². The fourth-order valence-electron chi connectivity index (χ4n) is 5.37. The number of aromatic nitrogens is 2. The summed E-state index contributed by atoms with van der Waals surface area (Å²) < 4.78 is 0. The number of nitrogens with zero attached hydrogens (tertiary/aromatic N) is 8. The predicted molar refractivity (Wildman–Crippen MR) is 149 cm³/mol. The minimum absolute atomic E-state index is 0.0483. The molecule has 9 nitrogen and oxygen atoms in total. The van der Waals surface area contributed by atoms with Crippen LogP contribution < -0.4 is 9.80 Å². The maximum absolute atomic E-state index is 13.5. The molecular formula is C30H32N8O. The largest absolute Gasteiger partial charge is 0.368 e. The molecular weight excluding hydrogens is 488 g/mol. The summed E-state index contributed by atoms with van der Waals surface area (Å²) in [5.74, 6) is 0.628. The van der Waals surface area contributed by atoms with Crippen molar-refractivity contribution in [2.24, 2.45) is 0 Å². The summed E-state index contributed by atoms with van der Waals surface area (Å²) in [7, 11) is 0. The first-order valence-electron chi connectivity index (χ1n) is 13.3. The molecule has 2 fully saturated rings. The lowest BCUT2D eigenvalue weighted by Gasteiger charge is -2.37. The summed E-state index contributed by atoms with van der Waals surface area (Å²) in [5, 5.41) is 18.9. The van der Waals surface area contributed by atoms with Crippen molar-refractivity contribution < 1.29 is 4.79 Å². The van der Waals surface area contributed by atoms with E-state index in [1.165, 1.54) is 0 Å². The molecule has 3 aromatic rings. The monoisotopic (exact) mass is 520 g/mol. The zero-order valence-corrected chi connectivity index (χ0v) is 22.5. The molecule has 0 spiro atoms. The van der Waals surface area contributed by atoms with Crippen LogP contribution in [-0.2, 0) is 6.54 Å². The number of benzene rings is 1.